The molecule has 0 bridgehead atoms. The van der Waals surface area contributed by atoms with Crippen molar-refractivity contribution in [2.24, 2.45) is 0 Å². The minimum absolute atomic E-state index is 0.106. The normalized spacial score (nSPS) is 15.2. The highest BCUT2D eigenvalue weighted by Gasteiger charge is 2.21. The van der Waals surface area contributed by atoms with E-state index in [0.29, 0.717) is 24.6 Å². The molecule has 0 aliphatic carbocycles. The molecule has 1 aromatic rings. The van der Waals surface area contributed by atoms with Gasteiger partial charge in [-0.25, -0.2) is 4.79 Å². The van der Waals surface area contributed by atoms with Crippen LogP contribution in [0, 0.1) is 0 Å². The number of nitrogens with zero attached hydrogens (tertiary/aromatic N) is 1. The molecule has 0 atom stereocenters. The molecule has 0 spiro atoms. The van der Waals surface area contributed by atoms with Crippen LogP contribution in [0.4, 0.5) is 0 Å². The number of ether oxygens (including phenoxy) is 1. The van der Waals surface area contributed by atoms with Crippen LogP contribution in [0.2, 0.25) is 0 Å². The number of aromatic carboxylic acids is 1. The maximum absolute atomic E-state index is 12.2. The number of methoxy groups -OCH3 is 1. The summed E-state index contributed by atoms with van der Waals surface area (Å²) in [4.78, 5) is 25.4. The number of carboxylic acid groups (broad SMARTS) is 1. The zero-order chi connectivity index (χ0) is 13.8. The number of rotatable bonds is 4. The van der Waals surface area contributed by atoms with Crippen molar-refractivity contribution in [2.75, 3.05) is 26.8 Å². The maximum atomic E-state index is 12.2. The summed E-state index contributed by atoms with van der Waals surface area (Å²) in [7, 11) is 1.65. The number of carboxylic acids is 1. The Morgan fingerprint density at radius 3 is 2.68 bits per heavy atom. The number of amides is 1. The van der Waals surface area contributed by atoms with Crippen LogP contribution in [0.5, 0.6) is 0 Å². The van der Waals surface area contributed by atoms with Crippen LogP contribution in [0.25, 0.3) is 0 Å². The lowest BCUT2D eigenvalue weighted by Gasteiger charge is -2.25. The van der Waals surface area contributed by atoms with E-state index in [2.05, 4.69) is 0 Å². The van der Waals surface area contributed by atoms with E-state index in [1.165, 1.54) is 11.6 Å². The van der Waals surface area contributed by atoms with Crippen LogP contribution in [0.3, 0.4) is 0 Å². The molecule has 0 saturated carbocycles. The monoisotopic (exact) mass is 281 g/mol. The van der Waals surface area contributed by atoms with Gasteiger partial charge in [-0.3, -0.25) is 4.79 Å². The van der Waals surface area contributed by atoms with Gasteiger partial charge < -0.3 is 14.7 Å². The topological polar surface area (TPSA) is 66.8 Å². The van der Waals surface area contributed by atoms with Gasteiger partial charge >= 0.3 is 5.97 Å². The SMILES string of the molecule is COCC1=CCN(C(=O)c2ccc(C(=O)O)s2)CC1. The molecule has 6 heteroatoms. The molecule has 1 amide bonds. The number of carbonyl (C=O) groups is 2. The molecule has 1 aromatic heterocycles. The van der Waals surface area contributed by atoms with E-state index in [-0.39, 0.29) is 10.8 Å². The van der Waals surface area contributed by atoms with Crippen LogP contribution >= 0.6 is 11.3 Å². The van der Waals surface area contributed by atoms with Gasteiger partial charge in [-0.2, -0.15) is 0 Å². The van der Waals surface area contributed by atoms with Crippen molar-refractivity contribution in [3.05, 3.63) is 33.5 Å². The number of carbonyl (C=O) groups excluding carboxylic acids is 1. The van der Waals surface area contributed by atoms with Crippen molar-refractivity contribution >= 4 is 23.2 Å². The lowest BCUT2D eigenvalue weighted by molar-refractivity contribution is 0.0701. The molecule has 0 radical (unpaired) electrons. The van der Waals surface area contributed by atoms with Crippen molar-refractivity contribution in [1.82, 2.24) is 4.90 Å². The Morgan fingerprint density at radius 1 is 1.42 bits per heavy atom. The zero-order valence-corrected chi connectivity index (χ0v) is 11.4. The first-order valence-electron chi connectivity index (χ1n) is 5.91. The van der Waals surface area contributed by atoms with E-state index in [4.69, 9.17) is 9.84 Å². The third-order valence-corrected chi connectivity index (χ3v) is 4.01. The average Bonchev–Trinajstić information content (AvgIpc) is 2.89. The van der Waals surface area contributed by atoms with Crippen molar-refractivity contribution in [1.29, 1.82) is 0 Å². The second-order valence-corrected chi connectivity index (χ2v) is 5.35. The molecular formula is C13H15NO4S. The van der Waals surface area contributed by atoms with E-state index in [1.54, 1.807) is 18.1 Å². The minimum Gasteiger partial charge on any atom is -0.477 e. The Labute approximate surface area is 115 Å². The third kappa shape index (κ3) is 3.21. The highest BCUT2D eigenvalue weighted by atomic mass is 32.1. The van der Waals surface area contributed by atoms with E-state index >= 15 is 0 Å². The predicted molar refractivity (Wildman–Crippen MR) is 71.8 cm³/mol. The van der Waals surface area contributed by atoms with Crippen LogP contribution in [0.15, 0.2) is 23.8 Å². The summed E-state index contributed by atoms with van der Waals surface area (Å²) in [5, 5.41) is 8.85. The summed E-state index contributed by atoms with van der Waals surface area (Å²) in [5.74, 6) is -1.10. The maximum Gasteiger partial charge on any atom is 0.345 e. The zero-order valence-electron chi connectivity index (χ0n) is 10.6. The quantitative estimate of drug-likeness (QED) is 0.855. The summed E-state index contributed by atoms with van der Waals surface area (Å²) in [6, 6.07) is 3.04. The fraction of sp³-hybridized carbons (Fsp3) is 0.385. The standard InChI is InChI=1S/C13H15NO4S/c1-18-8-9-4-6-14(7-5-9)12(15)10-2-3-11(19-10)13(16)17/h2-4H,5-8H2,1H3,(H,16,17). The Kier molecular flexibility index (Phi) is 4.34. The highest BCUT2D eigenvalue weighted by molar-refractivity contribution is 7.15. The smallest absolute Gasteiger partial charge is 0.345 e. The molecule has 0 fully saturated rings. The van der Waals surface area contributed by atoms with Crippen LogP contribution in [-0.2, 0) is 4.74 Å². The molecule has 0 unspecified atom stereocenters. The van der Waals surface area contributed by atoms with Gasteiger partial charge in [-0.1, -0.05) is 6.08 Å². The second kappa shape index (κ2) is 5.99. The molecule has 2 rings (SSSR count). The number of thiophene rings is 1. The fourth-order valence-electron chi connectivity index (χ4n) is 1.94. The Balaban J connectivity index is 2.02. The minimum atomic E-state index is -0.995. The summed E-state index contributed by atoms with van der Waals surface area (Å²) in [5.41, 5.74) is 1.20. The van der Waals surface area contributed by atoms with Gasteiger partial charge in [0.15, 0.2) is 0 Å². The summed E-state index contributed by atoms with van der Waals surface area (Å²) >= 11 is 1.02. The fourth-order valence-corrected chi connectivity index (χ4v) is 2.75. The van der Waals surface area contributed by atoms with Gasteiger partial charge in [0.1, 0.15) is 4.88 Å². The van der Waals surface area contributed by atoms with Crippen molar-refractivity contribution < 1.29 is 19.4 Å². The molecule has 1 N–H and O–H groups in total. The van der Waals surface area contributed by atoms with Crippen molar-refractivity contribution in [3.63, 3.8) is 0 Å². The van der Waals surface area contributed by atoms with Gasteiger partial charge in [0.05, 0.1) is 11.5 Å². The summed E-state index contributed by atoms with van der Waals surface area (Å²) in [6.07, 6.45) is 2.80. The van der Waals surface area contributed by atoms with Crippen LogP contribution in [-0.4, -0.2) is 48.7 Å². The van der Waals surface area contributed by atoms with E-state index < -0.39 is 5.97 Å². The number of hydrogen-bond donors (Lipinski definition) is 1. The first-order chi connectivity index (χ1) is 9.11. The van der Waals surface area contributed by atoms with E-state index in [0.717, 1.165) is 17.8 Å². The summed E-state index contributed by atoms with van der Waals surface area (Å²) in [6.45, 7) is 1.80. The van der Waals surface area contributed by atoms with Gasteiger partial charge in [0.2, 0.25) is 0 Å². The molecule has 5 nitrogen and oxygen atoms in total. The Bertz CT molecular complexity index is 520. The number of hydrogen-bond acceptors (Lipinski definition) is 4. The van der Waals surface area contributed by atoms with Gasteiger partial charge in [0, 0.05) is 20.2 Å². The molecule has 2 heterocycles. The first-order valence-corrected chi connectivity index (χ1v) is 6.72. The Morgan fingerprint density at radius 2 is 2.16 bits per heavy atom. The lowest BCUT2D eigenvalue weighted by atomic mass is 10.1. The largest absolute Gasteiger partial charge is 0.477 e. The lowest BCUT2D eigenvalue weighted by Crippen LogP contribution is -2.34. The molecule has 1 aliphatic heterocycles. The van der Waals surface area contributed by atoms with Crippen molar-refractivity contribution in [2.45, 2.75) is 6.42 Å². The molecule has 0 aromatic carbocycles. The molecule has 19 heavy (non-hydrogen) atoms. The van der Waals surface area contributed by atoms with E-state index in [9.17, 15) is 9.59 Å². The molecule has 0 saturated heterocycles. The summed E-state index contributed by atoms with van der Waals surface area (Å²) < 4.78 is 5.06. The average molecular weight is 281 g/mol. The third-order valence-electron chi connectivity index (χ3n) is 2.95. The molecule has 102 valence electrons. The Hall–Kier alpha value is -1.66. The van der Waals surface area contributed by atoms with Crippen LogP contribution in [0.1, 0.15) is 25.8 Å². The molecular weight excluding hydrogens is 266 g/mol. The molecule has 1 aliphatic rings. The van der Waals surface area contributed by atoms with Crippen molar-refractivity contribution in [3.8, 4) is 0 Å². The van der Waals surface area contributed by atoms with Crippen LogP contribution < -0.4 is 0 Å². The van der Waals surface area contributed by atoms with Gasteiger partial charge in [-0.05, 0) is 24.1 Å². The highest BCUT2D eigenvalue weighted by Crippen LogP contribution is 2.20. The predicted octanol–water partition coefficient (Wildman–Crippen LogP) is 1.87. The van der Waals surface area contributed by atoms with Gasteiger partial charge in [0.25, 0.3) is 5.91 Å². The van der Waals surface area contributed by atoms with Gasteiger partial charge in [-0.15, -0.1) is 11.3 Å². The van der Waals surface area contributed by atoms with E-state index in [1.807, 2.05) is 6.08 Å². The second-order valence-electron chi connectivity index (χ2n) is 4.27. The first kappa shape index (κ1) is 13.8.